The van der Waals surface area contributed by atoms with Crippen LogP contribution in [0.1, 0.15) is 22.0 Å². The van der Waals surface area contributed by atoms with Crippen molar-refractivity contribution in [2.45, 2.75) is 20.0 Å². The number of imidazole rings is 1. The molecule has 1 aromatic heterocycles. The largest absolute Gasteiger partial charge is 0.329 e. The fraction of sp³-hybridized carbons (Fsp3) is 0.556. The molecule has 2 heterocycles. The van der Waals surface area contributed by atoms with Crippen molar-refractivity contribution in [3.05, 3.63) is 17.2 Å². The molecule has 0 fully saturated rings. The van der Waals surface area contributed by atoms with E-state index in [1.54, 1.807) is 0 Å². The summed E-state index contributed by atoms with van der Waals surface area (Å²) in [5.41, 5.74) is 1.02. The van der Waals surface area contributed by atoms with Crippen LogP contribution in [0.25, 0.3) is 0 Å². The predicted octanol–water partition coefficient (Wildman–Crippen LogP) is -0.221. The zero-order valence-corrected chi connectivity index (χ0v) is 9.99. The standard InChI is InChI=1S/C9H13N3O3S/c1-7-10-8(6-13)9-5-11(16(2,14)15)3-4-12(7)9/h6H,3-5H2,1-2H3. The molecule has 0 atom stereocenters. The third-order valence-corrected chi connectivity index (χ3v) is 4.02. The van der Waals surface area contributed by atoms with Crippen LogP contribution in [-0.2, 0) is 23.1 Å². The Bertz CT molecular complexity index is 532. The maximum Gasteiger partial charge on any atom is 0.211 e. The third kappa shape index (κ3) is 1.76. The minimum atomic E-state index is -3.21. The summed E-state index contributed by atoms with van der Waals surface area (Å²) < 4.78 is 26.1. The molecule has 0 bridgehead atoms. The summed E-state index contributed by atoms with van der Waals surface area (Å²) in [4.78, 5) is 14.9. The number of aldehydes is 1. The van der Waals surface area contributed by atoms with E-state index in [2.05, 4.69) is 4.98 Å². The van der Waals surface area contributed by atoms with E-state index in [0.29, 0.717) is 30.8 Å². The highest BCUT2D eigenvalue weighted by molar-refractivity contribution is 7.88. The van der Waals surface area contributed by atoms with Gasteiger partial charge in [-0.3, -0.25) is 4.79 Å². The van der Waals surface area contributed by atoms with Gasteiger partial charge >= 0.3 is 0 Å². The van der Waals surface area contributed by atoms with Crippen molar-refractivity contribution in [2.75, 3.05) is 12.8 Å². The molecular weight excluding hydrogens is 230 g/mol. The molecule has 0 saturated heterocycles. The Balaban J connectivity index is 2.43. The molecule has 0 aromatic carbocycles. The number of fused-ring (bicyclic) bond motifs is 1. The summed E-state index contributed by atoms with van der Waals surface area (Å²) in [5.74, 6) is 0.755. The summed E-state index contributed by atoms with van der Waals surface area (Å²) in [6.07, 6.45) is 1.84. The van der Waals surface area contributed by atoms with E-state index in [1.165, 1.54) is 10.6 Å². The quantitative estimate of drug-likeness (QED) is 0.673. The Labute approximate surface area is 93.9 Å². The van der Waals surface area contributed by atoms with Gasteiger partial charge in [0, 0.05) is 13.1 Å². The Hall–Kier alpha value is -1.21. The van der Waals surface area contributed by atoms with Gasteiger partial charge in [-0.25, -0.2) is 13.4 Å². The smallest absolute Gasteiger partial charge is 0.211 e. The van der Waals surface area contributed by atoms with E-state index in [-0.39, 0.29) is 6.54 Å². The first-order chi connectivity index (χ1) is 7.43. The summed E-state index contributed by atoms with van der Waals surface area (Å²) in [6.45, 7) is 3.02. The van der Waals surface area contributed by atoms with Gasteiger partial charge in [-0.1, -0.05) is 0 Å². The molecule has 1 aliphatic heterocycles. The zero-order valence-electron chi connectivity index (χ0n) is 9.17. The van der Waals surface area contributed by atoms with E-state index in [0.717, 1.165) is 5.82 Å². The van der Waals surface area contributed by atoms with Gasteiger partial charge in [-0.05, 0) is 6.92 Å². The summed E-state index contributed by atoms with van der Waals surface area (Å²) >= 11 is 0. The van der Waals surface area contributed by atoms with Crippen LogP contribution in [-0.4, -0.2) is 41.4 Å². The van der Waals surface area contributed by atoms with Crippen molar-refractivity contribution in [1.82, 2.24) is 13.9 Å². The van der Waals surface area contributed by atoms with Gasteiger partial charge in [0.05, 0.1) is 18.5 Å². The molecule has 1 aromatic rings. The first-order valence-electron chi connectivity index (χ1n) is 4.90. The van der Waals surface area contributed by atoms with Crippen LogP contribution < -0.4 is 0 Å². The lowest BCUT2D eigenvalue weighted by Crippen LogP contribution is -2.37. The van der Waals surface area contributed by atoms with Crippen LogP contribution in [0.4, 0.5) is 0 Å². The van der Waals surface area contributed by atoms with Gasteiger partial charge in [-0.15, -0.1) is 0 Å². The Morgan fingerprint density at radius 3 is 2.62 bits per heavy atom. The second-order valence-corrected chi connectivity index (χ2v) is 5.84. The van der Waals surface area contributed by atoms with Crippen LogP contribution in [0.2, 0.25) is 0 Å². The number of nitrogens with zero attached hydrogens (tertiary/aromatic N) is 3. The van der Waals surface area contributed by atoms with E-state index in [9.17, 15) is 13.2 Å². The van der Waals surface area contributed by atoms with Crippen molar-refractivity contribution in [3.8, 4) is 0 Å². The molecule has 16 heavy (non-hydrogen) atoms. The van der Waals surface area contributed by atoms with Crippen LogP contribution >= 0.6 is 0 Å². The summed E-state index contributed by atoms with van der Waals surface area (Å²) in [5, 5.41) is 0. The SMILES string of the molecule is Cc1nc(C=O)c2n1CCN(S(C)(=O)=O)C2. The third-order valence-electron chi connectivity index (χ3n) is 2.77. The van der Waals surface area contributed by atoms with Gasteiger partial charge in [0.15, 0.2) is 6.29 Å². The molecule has 0 unspecified atom stereocenters. The minimum absolute atomic E-state index is 0.230. The fourth-order valence-corrected chi connectivity index (χ4v) is 2.70. The molecule has 0 spiro atoms. The Morgan fingerprint density at radius 2 is 2.06 bits per heavy atom. The monoisotopic (exact) mass is 243 g/mol. The highest BCUT2D eigenvalue weighted by Crippen LogP contribution is 2.19. The molecular formula is C9H13N3O3S. The maximum atomic E-state index is 11.4. The van der Waals surface area contributed by atoms with Crippen LogP contribution in [0.5, 0.6) is 0 Å². The number of hydrogen-bond acceptors (Lipinski definition) is 4. The van der Waals surface area contributed by atoms with Crippen LogP contribution in [0, 0.1) is 6.92 Å². The number of rotatable bonds is 2. The van der Waals surface area contributed by atoms with E-state index < -0.39 is 10.0 Å². The van der Waals surface area contributed by atoms with E-state index in [4.69, 9.17) is 0 Å². The summed E-state index contributed by atoms with van der Waals surface area (Å²) in [7, 11) is -3.21. The van der Waals surface area contributed by atoms with Gasteiger partial charge in [0.25, 0.3) is 0 Å². The number of aromatic nitrogens is 2. The molecule has 0 N–H and O–H groups in total. The Kier molecular flexibility index (Phi) is 2.59. The molecule has 0 aliphatic carbocycles. The lowest BCUT2D eigenvalue weighted by Gasteiger charge is -2.26. The topological polar surface area (TPSA) is 72.3 Å². The molecule has 0 saturated carbocycles. The van der Waals surface area contributed by atoms with Crippen LogP contribution in [0.3, 0.4) is 0 Å². The van der Waals surface area contributed by atoms with Crippen molar-refractivity contribution in [2.24, 2.45) is 0 Å². The molecule has 6 nitrogen and oxygen atoms in total. The lowest BCUT2D eigenvalue weighted by atomic mass is 10.3. The number of carbonyl (C=O) groups is 1. The first kappa shape index (κ1) is 11.3. The van der Waals surface area contributed by atoms with Gasteiger partial charge in [0.2, 0.25) is 10.0 Å². The maximum absolute atomic E-state index is 11.4. The molecule has 0 amide bonds. The molecule has 2 rings (SSSR count). The average Bonchev–Trinajstić information content (AvgIpc) is 2.54. The number of hydrogen-bond donors (Lipinski definition) is 0. The van der Waals surface area contributed by atoms with Crippen molar-refractivity contribution in [1.29, 1.82) is 0 Å². The van der Waals surface area contributed by atoms with E-state index in [1.807, 2.05) is 11.5 Å². The second kappa shape index (κ2) is 3.67. The molecule has 0 radical (unpaired) electrons. The first-order valence-corrected chi connectivity index (χ1v) is 6.74. The van der Waals surface area contributed by atoms with Gasteiger partial charge in [0.1, 0.15) is 11.5 Å². The van der Waals surface area contributed by atoms with Gasteiger partial charge in [-0.2, -0.15) is 4.31 Å². The Morgan fingerprint density at radius 1 is 1.38 bits per heavy atom. The molecule has 88 valence electrons. The highest BCUT2D eigenvalue weighted by atomic mass is 32.2. The predicted molar refractivity (Wildman–Crippen MR) is 57.6 cm³/mol. The number of carbonyl (C=O) groups excluding carboxylic acids is 1. The van der Waals surface area contributed by atoms with E-state index >= 15 is 0 Å². The summed E-state index contributed by atoms with van der Waals surface area (Å²) in [6, 6.07) is 0. The minimum Gasteiger partial charge on any atom is -0.329 e. The lowest BCUT2D eigenvalue weighted by molar-refractivity contribution is 0.111. The van der Waals surface area contributed by atoms with Gasteiger partial charge < -0.3 is 4.57 Å². The fourth-order valence-electron chi connectivity index (χ4n) is 1.93. The second-order valence-electron chi connectivity index (χ2n) is 3.86. The average molecular weight is 243 g/mol. The molecule has 1 aliphatic rings. The van der Waals surface area contributed by atoms with Crippen molar-refractivity contribution < 1.29 is 13.2 Å². The highest BCUT2D eigenvalue weighted by Gasteiger charge is 2.26. The van der Waals surface area contributed by atoms with Crippen molar-refractivity contribution in [3.63, 3.8) is 0 Å². The number of aryl methyl sites for hydroxylation is 1. The zero-order chi connectivity index (χ0) is 11.9. The normalized spacial score (nSPS) is 17.1. The van der Waals surface area contributed by atoms with Crippen molar-refractivity contribution >= 4 is 16.3 Å². The molecule has 7 heteroatoms. The number of sulfonamides is 1. The van der Waals surface area contributed by atoms with Crippen LogP contribution in [0.15, 0.2) is 0 Å².